The smallest absolute Gasteiger partial charge is 0.309 e. The molecule has 0 aromatic heterocycles. The molecule has 5 rings (SSSR count). The number of ether oxygens (including phenoxy) is 1. The number of rotatable bonds is 5. The summed E-state index contributed by atoms with van der Waals surface area (Å²) in [6.07, 6.45) is 2.66. The highest BCUT2D eigenvalue weighted by atomic mass is 16.5. The molecule has 0 spiro atoms. The van der Waals surface area contributed by atoms with Crippen LogP contribution in [-0.4, -0.2) is 65.8 Å². The normalized spacial score (nSPS) is 20.1. The third-order valence-electron chi connectivity index (χ3n) is 7.41. The molecule has 3 aliphatic rings. The minimum Gasteiger partial charge on any atom is -0.466 e. The number of carbonyl (C=O) groups is 4. The maximum Gasteiger partial charge on any atom is 0.309 e. The van der Waals surface area contributed by atoms with Crippen LogP contribution in [0.1, 0.15) is 58.9 Å². The van der Waals surface area contributed by atoms with Crippen LogP contribution in [0.15, 0.2) is 48.5 Å². The summed E-state index contributed by atoms with van der Waals surface area (Å²) in [4.78, 5) is 57.1. The first kappa shape index (κ1) is 24.0. The van der Waals surface area contributed by atoms with E-state index in [0.717, 1.165) is 12.0 Å². The third-order valence-corrected chi connectivity index (χ3v) is 7.41. The Labute approximate surface area is 210 Å². The summed E-state index contributed by atoms with van der Waals surface area (Å²) < 4.78 is 5.13. The highest BCUT2D eigenvalue weighted by molar-refractivity contribution is 6.11. The van der Waals surface area contributed by atoms with Crippen LogP contribution < -0.4 is 4.90 Å². The van der Waals surface area contributed by atoms with Gasteiger partial charge >= 0.3 is 5.97 Å². The van der Waals surface area contributed by atoms with Crippen molar-refractivity contribution in [1.82, 2.24) is 9.80 Å². The lowest BCUT2D eigenvalue weighted by Gasteiger charge is -2.31. The van der Waals surface area contributed by atoms with Gasteiger partial charge in [-0.1, -0.05) is 24.3 Å². The van der Waals surface area contributed by atoms with Crippen molar-refractivity contribution in [3.63, 3.8) is 0 Å². The first-order valence-corrected chi connectivity index (χ1v) is 12.7. The molecule has 3 aliphatic heterocycles. The zero-order chi connectivity index (χ0) is 25.2. The van der Waals surface area contributed by atoms with Gasteiger partial charge in [-0.05, 0) is 62.4 Å². The molecule has 3 amide bonds. The van der Waals surface area contributed by atoms with E-state index in [1.54, 1.807) is 33.8 Å². The highest BCUT2D eigenvalue weighted by Gasteiger charge is 2.41. The predicted octanol–water partition coefficient (Wildman–Crippen LogP) is 3.25. The maximum absolute atomic E-state index is 13.6. The number of hydrogen-bond donors (Lipinski definition) is 0. The zero-order valence-corrected chi connectivity index (χ0v) is 20.5. The fourth-order valence-corrected chi connectivity index (χ4v) is 5.52. The lowest BCUT2D eigenvalue weighted by Crippen LogP contribution is -2.44. The predicted molar refractivity (Wildman–Crippen MR) is 133 cm³/mol. The van der Waals surface area contributed by atoms with Gasteiger partial charge in [0, 0.05) is 25.2 Å². The Morgan fingerprint density at radius 3 is 2.53 bits per heavy atom. The molecule has 2 aromatic rings. The van der Waals surface area contributed by atoms with Crippen LogP contribution in [0.25, 0.3) is 0 Å². The number of amides is 3. The Balaban J connectivity index is 1.34. The van der Waals surface area contributed by atoms with Crippen LogP contribution in [0.2, 0.25) is 0 Å². The van der Waals surface area contributed by atoms with Crippen LogP contribution in [0, 0.1) is 5.92 Å². The van der Waals surface area contributed by atoms with Crippen molar-refractivity contribution in [2.45, 2.75) is 45.2 Å². The van der Waals surface area contributed by atoms with Crippen molar-refractivity contribution < 1.29 is 23.9 Å². The van der Waals surface area contributed by atoms with Crippen LogP contribution >= 0.6 is 0 Å². The molecule has 2 aromatic carbocycles. The molecule has 1 atom stereocenters. The summed E-state index contributed by atoms with van der Waals surface area (Å²) in [5.41, 5.74) is 2.52. The van der Waals surface area contributed by atoms with Gasteiger partial charge < -0.3 is 19.4 Å². The van der Waals surface area contributed by atoms with E-state index in [-0.39, 0.29) is 36.2 Å². The molecular weight excluding hydrogens is 458 g/mol. The Hall–Kier alpha value is -3.68. The Bertz CT molecular complexity index is 1190. The van der Waals surface area contributed by atoms with Crippen molar-refractivity contribution in [3.05, 3.63) is 65.2 Å². The van der Waals surface area contributed by atoms with E-state index in [1.165, 1.54) is 0 Å². The van der Waals surface area contributed by atoms with E-state index >= 15 is 0 Å². The average Bonchev–Trinajstić information content (AvgIpc) is 3.38. The van der Waals surface area contributed by atoms with Crippen LogP contribution in [0.3, 0.4) is 0 Å². The number of para-hydroxylation sites is 1. The third kappa shape index (κ3) is 4.47. The number of fused-ring (bicyclic) bond motifs is 2. The van der Waals surface area contributed by atoms with Crippen molar-refractivity contribution in [2.24, 2.45) is 5.92 Å². The van der Waals surface area contributed by atoms with Gasteiger partial charge in [0.1, 0.15) is 6.04 Å². The van der Waals surface area contributed by atoms with Crippen LogP contribution in [0.5, 0.6) is 0 Å². The summed E-state index contributed by atoms with van der Waals surface area (Å²) in [6, 6.07) is 14.1. The number of anilines is 1. The maximum atomic E-state index is 13.6. The van der Waals surface area contributed by atoms with Gasteiger partial charge in [-0.2, -0.15) is 0 Å². The van der Waals surface area contributed by atoms with Gasteiger partial charge in [0.15, 0.2) is 0 Å². The number of hydrogen-bond acceptors (Lipinski definition) is 5. The fraction of sp³-hybridized carbons (Fsp3) is 0.429. The quantitative estimate of drug-likeness (QED) is 0.602. The molecule has 0 bridgehead atoms. The first-order chi connectivity index (χ1) is 17.5. The number of likely N-dealkylation sites (tertiary alicyclic amines) is 1. The fourth-order valence-electron chi connectivity index (χ4n) is 5.52. The first-order valence-electron chi connectivity index (χ1n) is 12.7. The molecule has 8 heteroatoms. The van der Waals surface area contributed by atoms with Gasteiger partial charge in [-0.3, -0.25) is 19.2 Å². The summed E-state index contributed by atoms with van der Waals surface area (Å²) in [5, 5.41) is 0. The second kappa shape index (κ2) is 10.1. The molecule has 0 aliphatic carbocycles. The number of piperidine rings is 1. The molecule has 2 saturated heterocycles. The monoisotopic (exact) mass is 489 g/mol. The molecule has 188 valence electrons. The van der Waals surface area contributed by atoms with Gasteiger partial charge in [0.05, 0.1) is 30.3 Å². The largest absolute Gasteiger partial charge is 0.466 e. The molecule has 0 radical (unpaired) electrons. The minimum atomic E-state index is -0.449. The van der Waals surface area contributed by atoms with Crippen molar-refractivity contribution in [1.29, 1.82) is 0 Å². The zero-order valence-electron chi connectivity index (χ0n) is 20.5. The second-order valence-corrected chi connectivity index (χ2v) is 9.62. The molecule has 2 fully saturated rings. The number of esters is 1. The Morgan fingerprint density at radius 2 is 1.75 bits per heavy atom. The summed E-state index contributed by atoms with van der Waals surface area (Å²) in [6.45, 7) is 4.03. The molecule has 0 N–H and O–H groups in total. The average molecular weight is 490 g/mol. The topological polar surface area (TPSA) is 87.2 Å². The summed E-state index contributed by atoms with van der Waals surface area (Å²) in [5.74, 6) is -0.609. The number of nitrogens with zero attached hydrogens (tertiary/aromatic N) is 3. The molecule has 3 heterocycles. The summed E-state index contributed by atoms with van der Waals surface area (Å²) in [7, 11) is 0. The molecule has 0 saturated carbocycles. The molecular formula is C28H31N3O5. The molecule has 8 nitrogen and oxygen atoms in total. The van der Waals surface area contributed by atoms with E-state index in [0.29, 0.717) is 62.3 Å². The van der Waals surface area contributed by atoms with Crippen molar-refractivity contribution in [3.8, 4) is 0 Å². The van der Waals surface area contributed by atoms with E-state index < -0.39 is 6.04 Å². The SMILES string of the molecule is CCOC(=O)C1CCN(C(=O)c2cccc(CN3C(=O)[C@H]4CCCN4C(=O)c4ccccc43)c2)CC1. The van der Waals surface area contributed by atoms with Gasteiger partial charge in [0.2, 0.25) is 5.91 Å². The van der Waals surface area contributed by atoms with Crippen LogP contribution in [-0.2, 0) is 20.9 Å². The van der Waals surface area contributed by atoms with E-state index in [1.807, 2.05) is 36.4 Å². The Kier molecular flexibility index (Phi) is 6.76. The van der Waals surface area contributed by atoms with E-state index in [4.69, 9.17) is 4.74 Å². The van der Waals surface area contributed by atoms with Crippen molar-refractivity contribution in [2.75, 3.05) is 31.1 Å². The van der Waals surface area contributed by atoms with Crippen molar-refractivity contribution >= 4 is 29.4 Å². The minimum absolute atomic E-state index is 0.0800. The lowest BCUT2D eigenvalue weighted by molar-refractivity contribution is -0.149. The molecule has 0 unspecified atom stereocenters. The Morgan fingerprint density at radius 1 is 0.972 bits per heavy atom. The number of carbonyl (C=O) groups excluding carboxylic acids is 4. The highest BCUT2D eigenvalue weighted by Crippen LogP contribution is 2.33. The van der Waals surface area contributed by atoms with Gasteiger partial charge in [0.25, 0.3) is 11.8 Å². The number of benzene rings is 2. The van der Waals surface area contributed by atoms with E-state index in [2.05, 4.69) is 0 Å². The lowest BCUT2D eigenvalue weighted by atomic mass is 9.96. The summed E-state index contributed by atoms with van der Waals surface area (Å²) >= 11 is 0. The second-order valence-electron chi connectivity index (χ2n) is 9.62. The van der Waals surface area contributed by atoms with Gasteiger partial charge in [-0.15, -0.1) is 0 Å². The standard InChI is InChI=1S/C28H31N3O5/c1-2-36-28(35)20-12-15-29(16-13-20)25(32)21-8-5-7-19(17-21)18-31-23-10-4-3-9-22(23)26(33)30-14-6-11-24(30)27(31)34/h3-5,7-10,17,20,24H,2,6,11-16,18H2,1H3/t24-/m1/s1. The molecule has 36 heavy (non-hydrogen) atoms. The van der Waals surface area contributed by atoms with Gasteiger partial charge in [-0.25, -0.2) is 0 Å². The van der Waals surface area contributed by atoms with E-state index in [9.17, 15) is 19.2 Å². The van der Waals surface area contributed by atoms with Crippen LogP contribution in [0.4, 0.5) is 5.69 Å².